The van der Waals surface area contributed by atoms with Gasteiger partial charge in [0.05, 0.1) is 19.1 Å². The molecule has 0 unspecified atom stereocenters. The lowest BCUT2D eigenvalue weighted by molar-refractivity contribution is -0.123. The van der Waals surface area contributed by atoms with E-state index in [0.717, 1.165) is 30.0 Å². The van der Waals surface area contributed by atoms with Crippen LogP contribution in [0.2, 0.25) is 0 Å². The Morgan fingerprint density at radius 2 is 2.10 bits per heavy atom. The number of methoxy groups -OCH3 is 1. The van der Waals surface area contributed by atoms with E-state index in [9.17, 15) is 4.79 Å². The molecule has 3 rings (SSSR count). The van der Waals surface area contributed by atoms with Crippen molar-refractivity contribution in [3.63, 3.8) is 0 Å². The first kappa shape index (κ1) is 13.6. The minimum Gasteiger partial charge on any atom is -0.497 e. The van der Waals surface area contributed by atoms with Crippen LogP contribution in [0.25, 0.3) is 0 Å². The number of carbonyl (C=O) groups excluding carboxylic acids is 1. The molecule has 1 saturated carbocycles. The maximum absolute atomic E-state index is 12.5. The Labute approximate surface area is 122 Å². The molecule has 1 aromatic heterocycles. The lowest BCUT2D eigenvalue weighted by atomic mass is 9.95. The van der Waals surface area contributed by atoms with Gasteiger partial charge in [0.1, 0.15) is 11.6 Å². The van der Waals surface area contributed by atoms with Gasteiger partial charge in [0.15, 0.2) is 5.82 Å². The first-order chi connectivity index (χ1) is 10.1. The lowest BCUT2D eigenvalue weighted by Gasteiger charge is -2.15. The van der Waals surface area contributed by atoms with E-state index in [2.05, 4.69) is 20.5 Å². The SMILES string of the molecule is COc1ccc(C2(C(=O)NCc3n[nH]c(C)n3)CC2)cc1. The van der Waals surface area contributed by atoms with E-state index in [-0.39, 0.29) is 5.91 Å². The zero-order valence-electron chi connectivity index (χ0n) is 12.1. The highest BCUT2D eigenvalue weighted by molar-refractivity contribution is 5.91. The minimum atomic E-state index is -0.391. The second-order valence-electron chi connectivity index (χ2n) is 5.33. The number of H-pyrrole nitrogens is 1. The highest BCUT2D eigenvalue weighted by atomic mass is 16.5. The van der Waals surface area contributed by atoms with Crippen molar-refractivity contribution < 1.29 is 9.53 Å². The summed E-state index contributed by atoms with van der Waals surface area (Å²) in [5.74, 6) is 2.18. The largest absolute Gasteiger partial charge is 0.497 e. The van der Waals surface area contributed by atoms with Gasteiger partial charge < -0.3 is 10.1 Å². The quantitative estimate of drug-likeness (QED) is 0.872. The van der Waals surface area contributed by atoms with E-state index in [1.165, 1.54) is 0 Å². The highest BCUT2D eigenvalue weighted by Gasteiger charge is 2.51. The number of nitrogens with one attached hydrogen (secondary N) is 2. The molecule has 2 N–H and O–H groups in total. The number of benzene rings is 1. The Hall–Kier alpha value is -2.37. The molecule has 0 spiro atoms. The molecule has 21 heavy (non-hydrogen) atoms. The third-order valence-corrected chi connectivity index (χ3v) is 3.88. The van der Waals surface area contributed by atoms with Crippen LogP contribution in [0, 0.1) is 6.92 Å². The fourth-order valence-corrected chi connectivity index (χ4v) is 2.48. The van der Waals surface area contributed by atoms with Gasteiger partial charge in [-0.25, -0.2) is 4.98 Å². The van der Waals surface area contributed by atoms with Crippen LogP contribution in [0.3, 0.4) is 0 Å². The van der Waals surface area contributed by atoms with Gasteiger partial charge in [-0.15, -0.1) is 0 Å². The molecule has 0 radical (unpaired) electrons. The maximum atomic E-state index is 12.5. The normalized spacial score (nSPS) is 15.5. The van der Waals surface area contributed by atoms with Crippen LogP contribution in [-0.4, -0.2) is 28.2 Å². The van der Waals surface area contributed by atoms with Crippen LogP contribution in [0.1, 0.15) is 30.1 Å². The van der Waals surface area contributed by atoms with Crippen molar-refractivity contribution in [2.24, 2.45) is 0 Å². The number of carbonyl (C=O) groups is 1. The summed E-state index contributed by atoms with van der Waals surface area (Å²) in [6, 6.07) is 7.70. The third-order valence-electron chi connectivity index (χ3n) is 3.88. The van der Waals surface area contributed by atoms with Crippen LogP contribution in [0.15, 0.2) is 24.3 Å². The first-order valence-electron chi connectivity index (χ1n) is 6.95. The van der Waals surface area contributed by atoms with Crippen LogP contribution < -0.4 is 10.1 Å². The number of nitrogens with zero attached hydrogens (tertiary/aromatic N) is 2. The smallest absolute Gasteiger partial charge is 0.231 e. The van der Waals surface area contributed by atoms with Crippen molar-refractivity contribution in [3.8, 4) is 5.75 Å². The monoisotopic (exact) mass is 286 g/mol. The molecule has 1 fully saturated rings. The van der Waals surface area contributed by atoms with Gasteiger partial charge in [0.2, 0.25) is 5.91 Å². The van der Waals surface area contributed by atoms with Crippen molar-refractivity contribution >= 4 is 5.91 Å². The second kappa shape index (κ2) is 5.20. The molecule has 0 aliphatic heterocycles. The van der Waals surface area contributed by atoms with Crippen molar-refractivity contribution in [2.75, 3.05) is 7.11 Å². The number of hydrogen-bond acceptors (Lipinski definition) is 4. The third kappa shape index (κ3) is 2.61. The van der Waals surface area contributed by atoms with Crippen LogP contribution >= 0.6 is 0 Å². The molecule has 6 heteroatoms. The topological polar surface area (TPSA) is 79.9 Å². The summed E-state index contributed by atoms with van der Waals surface area (Å²) in [6.07, 6.45) is 1.75. The molecule has 1 aliphatic carbocycles. The average Bonchev–Trinajstić information content (AvgIpc) is 3.22. The molecule has 6 nitrogen and oxygen atoms in total. The Kier molecular flexibility index (Phi) is 3.37. The van der Waals surface area contributed by atoms with Gasteiger partial charge in [-0.3, -0.25) is 9.89 Å². The molecule has 1 aliphatic rings. The molecular weight excluding hydrogens is 268 g/mol. The van der Waals surface area contributed by atoms with Gasteiger partial charge in [-0.2, -0.15) is 5.10 Å². The number of aryl methyl sites for hydroxylation is 1. The summed E-state index contributed by atoms with van der Waals surface area (Å²) >= 11 is 0. The van der Waals surface area contributed by atoms with E-state index >= 15 is 0 Å². The minimum absolute atomic E-state index is 0.0371. The second-order valence-corrected chi connectivity index (χ2v) is 5.33. The molecule has 1 amide bonds. The van der Waals surface area contributed by atoms with Gasteiger partial charge in [0.25, 0.3) is 0 Å². The van der Waals surface area contributed by atoms with Crippen molar-refractivity contribution in [3.05, 3.63) is 41.5 Å². The molecule has 0 bridgehead atoms. The zero-order chi connectivity index (χ0) is 14.9. The fourth-order valence-electron chi connectivity index (χ4n) is 2.48. The molecule has 2 aromatic rings. The predicted molar refractivity (Wildman–Crippen MR) is 76.9 cm³/mol. The number of aromatic amines is 1. The van der Waals surface area contributed by atoms with Gasteiger partial charge in [-0.05, 0) is 37.5 Å². The zero-order valence-corrected chi connectivity index (χ0v) is 12.1. The van der Waals surface area contributed by atoms with E-state index < -0.39 is 5.41 Å². The van der Waals surface area contributed by atoms with Gasteiger partial charge >= 0.3 is 0 Å². The number of hydrogen-bond donors (Lipinski definition) is 2. The Bertz CT molecular complexity index is 644. The lowest BCUT2D eigenvalue weighted by Crippen LogP contribution is -2.34. The molecule has 0 saturated heterocycles. The summed E-state index contributed by atoms with van der Waals surface area (Å²) in [6.45, 7) is 2.18. The number of ether oxygens (including phenoxy) is 1. The maximum Gasteiger partial charge on any atom is 0.231 e. The van der Waals surface area contributed by atoms with E-state index in [1.54, 1.807) is 7.11 Å². The summed E-state index contributed by atoms with van der Waals surface area (Å²) in [7, 11) is 1.63. The van der Waals surface area contributed by atoms with Crippen molar-refractivity contribution in [1.29, 1.82) is 0 Å². The highest BCUT2D eigenvalue weighted by Crippen LogP contribution is 2.48. The van der Waals surface area contributed by atoms with Crippen LogP contribution in [-0.2, 0) is 16.8 Å². The van der Waals surface area contributed by atoms with Crippen molar-refractivity contribution in [1.82, 2.24) is 20.5 Å². The van der Waals surface area contributed by atoms with Crippen LogP contribution in [0.5, 0.6) is 5.75 Å². The van der Waals surface area contributed by atoms with E-state index in [0.29, 0.717) is 12.4 Å². The van der Waals surface area contributed by atoms with Gasteiger partial charge in [-0.1, -0.05) is 12.1 Å². The number of amides is 1. The standard InChI is InChI=1S/C15H18N4O2/c1-10-17-13(19-18-10)9-16-14(20)15(7-8-15)11-3-5-12(21-2)6-4-11/h3-6H,7-9H2,1-2H3,(H,16,20)(H,17,18,19). The Morgan fingerprint density at radius 3 is 2.62 bits per heavy atom. The summed E-state index contributed by atoms with van der Waals surface area (Å²) in [5.41, 5.74) is 0.643. The molecule has 0 atom stereocenters. The molecule has 1 heterocycles. The average molecular weight is 286 g/mol. The summed E-state index contributed by atoms with van der Waals surface area (Å²) in [4.78, 5) is 16.6. The van der Waals surface area contributed by atoms with Crippen molar-refractivity contribution in [2.45, 2.75) is 31.7 Å². The molecule has 110 valence electrons. The molecular formula is C15H18N4O2. The Balaban J connectivity index is 1.68. The summed E-state index contributed by atoms with van der Waals surface area (Å²) in [5, 5.41) is 9.71. The Morgan fingerprint density at radius 1 is 1.38 bits per heavy atom. The van der Waals surface area contributed by atoms with Crippen LogP contribution in [0.4, 0.5) is 0 Å². The predicted octanol–water partition coefficient (Wildman–Crippen LogP) is 1.47. The number of aromatic nitrogens is 3. The summed E-state index contributed by atoms with van der Waals surface area (Å²) < 4.78 is 5.15. The number of rotatable bonds is 5. The fraction of sp³-hybridized carbons (Fsp3) is 0.400. The first-order valence-corrected chi connectivity index (χ1v) is 6.95. The molecule has 1 aromatic carbocycles. The van der Waals surface area contributed by atoms with E-state index in [4.69, 9.17) is 4.74 Å². The van der Waals surface area contributed by atoms with E-state index in [1.807, 2.05) is 31.2 Å². The van der Waals surface area contributed by atoms with Gasteiger partial charge in [0, 0.05) is 0 Å².